The molecule has 0 atom stereocenters. The number of rotatable bonds is 4. The van der Waals surface area contributed by atoms with Crippen molar-refractivity contribution in [1.29, 1.82) is 0 Å². The maximum atomic E-state index is 5.44. The first-order chi connectivity index (χ1) is 8.28. The van der Waals surface area contributed by atoms with Crippen molar-refractivity contribution in [3.05, 3.63) is 42.0 Å². The van der Waals surface area contributed by atoms with Crippen molar-refractivity contribution in [3.63, 3.8) is 0 Å². The molecule has 1 heterocycles. The molecule has 5 nitrogen and oxygen atoms in total. The minimum Gasteiger partial charge on any atom is -0.497 e. The van der Waals surface area contributed by atoms with Crippen LogP contribution in [0, 0.1) is 6.92 Å². The second-order valence-corrected chi connectivity index (χ2v) is 3.45. The van der Waals surface area contributed by atoms with Crippen LogP contribution < -0.4 is 9.47 Å². The summed E-state index contributed by atoms with van der Waals surface area (Å²) < 4.78 is 10.5. The van der Waals surface area contributed by atoms with Gasteiger partial charge in [0.2, 0.25) is 0 Å². The van der Waals surface area contributed by atoms with E-state index < -0.39 is 0 Å². The minimum atomic E-state index is 0.341. The lowest BCUT2D eigenvalue weighted by atomic mass is 10.2. The Bertz CT molecular complexity index is 485. The molecule has 0 radical (unpaired) electrons. The van der Waals surface area contributed by atoms with Crippen LogP contribution in [-0.4, -0.2) is 22.1 Å². The predicted octanol–water partition coefficient (Wildman–Crippen LogP) is 1.77. The first-order valence-corrected chi connectivity index (χ1v) is 5.19. The Morgan fingerprint density at radius 2 is 1.88 bits per heavy atom. The lowest BCUT2D eigenvalue weighted by molar-refractivity contribution is 0.278. The smallest absolute Gasteiger partial charge is 0.319 e. The van der Waals surface area contributed by atoms with Gasteiger partial charge in [-0.25, -0.2) is 4.98 Å². The molecule has 1 aromatic heterocycles. The highest BCUT2D eigenvalue weighted by Gasteiger charge is 2.00. The van der Waals surface area contributed by atoms with Crippen molar-refractivity contribution in [1.82, 2.24) is 15.0 Å². The van der Waals surface area contributed by atoms with Crippen LogP contribution in [0.1, 0.15) is 11.4 Å². The van der Waals surface area contributed by atoms with Gasteiger partial charge in [0, 0.05) is 0 Å². The highest BCUT2D eigenvalue weighted by atomic mass is 16.5. The third-order valence-electron chi connectivity index (χ3n) is 2.20. The average molecular weight is 231 g/mol. The van der Waals surface area contributed by atoms with Crippen LogP contribution in [-0.2, 0) is 6.61 Å². The summed E-state index contributed by atoms with van der Waals surface area (Å²) in [6, 6.07) is 7.99. The molecule has 17 heavy (non-hydrogen) atoms. The molecular formula is C12H13N3O2. The van der Waals surface area contributed by atoms with Gasteiger partial charge in [0.05, 0.1) is 7.11 Å². The van der Waals surface area contributed by atoms with Gasteiger partial charge in [-0.15, -0.1) is 0 Å². The molecule has 0 spiro atoms. The van der Waals surface area contributed by atoms with Gasteiger partial charge in [-0.1, -0.05) is 12.1 Å². The van der Waals surface area contributed by atoms with Crippen LogP contribution in [0.3, 0.4) is 0 Å². The topological polar surface area (TPSA) is 57.1 Å². The van der Waals surface area contributed by atoms with Gasteiger partial charge in [0.1, 0.15) is 24.5 Å². The van der Waals surface area contributed by atoms with E-state index in [1.54, 1.807) is 14.0 Å². The Balaban J connectivity index is 1.97. The molecule has 0 aliphatic carbocycles. The number of hydrogen-bond donors (Lipinski definition) is 0. The van der Waals surface area contributed by atoms with Crippen molar-refractivity contribution in [2.75, 3.05) is 7.11 Å². The first-order valence-electron chi connectivity index (χ1n) is 5.19. The van der Waals surface area contributed by atoms with Gasteiger partial charge >= 0.3 is 6.01 Å². The van der Waals surface area contributed by atoms with E-state index in [2.05, 4.69) is 15.0 Å². The molecule has 88 valence electrons. The average Bonchev–Trinajstić information content (AvgIpc) is 2.37. The van der Waals surface area contributed by atoms with E-state index in [0.717, 1.165) is 11.3 Å². The quantitative estimate of drug-likeness (QED) is 0.802. The number of aryl methyl sites for hydroxylation is 1. The molecule has 0 aliphatic heterocycles. The number of aromatic nitrogens is 3. The Morgan fingerprint density at radius 1 is 1.12 bits per heavy atom. The fraction of sp³-hybridized carbons (Fsp3) is 0.250. The molecule has 0 bridgehead atoms. The summed E-state index contributed by atoms with van der Waals surface area (Å²) in [6.45, 7) is 2.22. The van der Waals surface area contributed by atoms with Crippen molar-refractivity contribution >= 4 is 0 Å². The van der Waals surface area contributed by atoms with E-state index in [4.69, 9.17) is 9.47 Å². The maximum Gasteiger partial charge on any atom is 0.319 e. The van der Waals surface area contributed by atoms with Gasteiger partial charge in [0.25, 0.3) is 0 Å². The van der Waals surface area contributed by atoms with E-state index in [9.17, 15) is 0 Å². The normalized spacial score (nSPS) is 10.0. The Morgan fingerprint density at radius 3 is 2.53 bits per heavy atom. The number of nitrogens with zero attached hydrogens (tertiary/aromatic N) is 3. The van der Waals surface area contributed by atoms with Gasteiger partial charge in [-0.2, -0.15) is 9.97 Å². The van der Waals surface area contributed by atoms with E-state index in [1.807, 2.05) is 24.3 Å². The molecule has 2 rings (SSSR count). The van der Waals surface area contributed by atoms with Crippen molar-refractivity contribution < 1.29 is 9.47 Å². The molecule has 0 unspecified atom stereocenters. The predicted molar refractivity (Wildman–Crippen MR) is 61.9 cm³/mol. The molecule has 0 saturated heterocycles. The van der Waals surface area contributed by atoms with Crippen molar-refractivity contribution in [2.24, 2.45) is 0 Å². The lowest BCUT2D eigenvalue weighted by Crippen LogP contribution is -2.01. The van der Waals surface area contributed by atoms with E-state index >= 15 is 0 Å². The molecule has 0 amide bonds. The number of methoxy groups -OCH3 is 1. The minimum absolute atomic E-state index is 0.341. The third kappa shape index (κ3) is 3.14. The molecule has 0 fully saturated rings. The Labute approximate surface area is 99.5 Å². The summed E-state index contributed by atoms with van der Waals surface area (Å²) in [5.74, 6) is 1.47. The fourth-order valence-electron chi connectivity index (χ4n) is 1.30. The third-order valence-corrected chi connectivity index (χ3v) is 2.20. The molecule has 0 aliphatic rings. The molecule has 0 N–H and O–H groups in total. The Kier molecular flexibility index (Phi) is 3.49. The van der Waals surface area contributed by atoms with Gasteiger partial charge in [-0.05, 0) is 24.6 Å². The second kappa shape index (κ2) is 5.25. The second-order valence-electron chi connectivity index (χ2n) is 3.45. The summed E-state index contributed by atoms with van der Waals surface area (Å²) in [7, 11) is 1.64. The maximum absolute atomic E-state index is 5.44. The van der Waals surface area contributed by atoms with Crippen LogP contribution in [0.15, 0.2) is 30.6 Å². The number of hydrogen-bond acceptors (Lipinski definition) is 5. The van der Waals surface area contributed by atoms with Gasteiger partial charge in [0.15, 0.2) is 0 Å². The first kappa shape index (κ1) is 11.3. The number of benzene rings is 1. The molecule has 1 aromatic carbocycles. The van der Waals surface area contributed by atoms with E-state index in [0.29, 0.717) is 18.4 Å². The van der Waals surface area contributed by atoms with Crippen LogP contribution in [0.2, 0.25) is 0 Å². The summed E-state index contributed by atoms with van der Waals surface area (Å²) >= 11 is 0. The zero-order valence-electron chi connectivity index (χ0n) is 9.75. The van der Waals surface area contributed by atoms with Crippen LogP contribution >= 0.6 is 0 Å². The summed E-state index contributed by atoms with van der Waals surface area (Å²) in [6.07, 6.45) is 1.44. The van der Waals surface area contributed by atoms with E-state index in [1.165, 1.54) is 6.33 Å². The highest BCUT2D eigenvalue weighted by Crippen LogP contribution is 2.12. The molecule has 2 aromatic rings. The van der Waals surface area contributed by atoms with Crippen LogP contribution in [0.5, 0.6) is 11.8 Å². The lowest BCUT2D eigenvalue weighted by Gasteiger charge is -2.05. The highest BCUT2D eigenvalue weighted by molar-refractivity contribution is 5.26. The largest absolute Gasteiger partial charge is 0.497 e. The zero-order valence-corrected chi connectivity index (χ0v) is 9.75. The van der Waals surface area contributed by atoms with Gasteiger partial charge in [-0.3, -0.25) is 0 Å². The monoisotopic (exact) mass is 231 g/mol. The van der Waals surface area contributed by atoms with Gasteiger partial charge < -0.3 is 9.47 Å². The Hall–Kier alpha value is -2.17. The van der Waals surface area contributed by atoms with Crippen LogP contribution in [0.25, 0.3) is 0 Å². The summed E-state index contributed by atoms with van der Waals surface area (Å²) in [4.78, 5) is 11.9. The SMILES string of the molecule is COc1ccc(COc2ncnc(C)n2)cc1. The van der Waals surface area contributed by atoms with Crippen molar-refractivity contribution in [2.45, 2.75) is 13.5 Å². The van der Waals surface area contributed by atoms with Crippen LogP contribution in [0.4, 0.5) is 0 Å². The summed E-state index contributed by atoms with van der Waals surface area (Å²) in [5.41, 5.74) is 1.03. The fourth-order valence-corrected chi connectivity index (χ4v) is 1.30. The number of ether oxygens (including phenoxy) is 2. The summed E-state index contributed by atoms with van der Waals surface area (Å²) in [5, 5.41) is 0. The standard InChI is InChI=1S/C12H13N3O2/c1-9-13-8-14-12(15-9)17-7-10-3-5-11(16-2)6-4-10/h3-6,8H,7H2,1-2H3. The zero-order chi connectivity index (χ0) is 12.1. The van der Waals surface area contributed by atoms with E-state index in [-0.39, 0.29) is 0 Å². The molecule has 0 saturated carbocycles. The molecule has 5 heteroatoms. The van der Waals surface area contributed by atoms with Crippen molar-refractivity contribution in [3.8, 4) is 11.8 Å². The molecular weight excluding hydrogens is 218 g/mol.